The molecular formula is C13H20. The Morgan fingerprint density at radius 2 is 1.92 bits per heavy atom. The molecule has 0 unspecified atom stereocenters. The van der Waals surface area contributed by atoms with Gasteiger partial charge in [-0.3, -0.25) is 0 Å². The lowest BCUT2D eigenvalue weighted by Crippen LogP contribution is -2.05. The van der Waals surface area contributed by atoms with E-state index in [-0.39, 0.29) is 0 Å². The summed E-state index contributed by atoms with van der Waals surface area (Å²) in [6, 6.07) is 0. The Kier molecular flexibility index (Phi) is 2.87. The normalized spacial score (nSPS) is 22.7. The van der Waals surface area contributed by atoms with Crippen LogP contribution < -0.4 is 0 Å². The maximum atomic E-state index is 2.49. The molecule has 2 rings (SSSR count). The van der Waals surface area contributed by atoms with E-state index in [0.717, 1.165) is 0 Å². The molecule has 0 saturated heterocycles. The fourth-order valence-corrected chi connectivity index (χ4v) is 2.62. The van der Waals surface area contributed by atoms with Crippen LogP contribution in [0.5, 0.6) is 0 Å². The summed E-state index contributed by atoms with van der Waals surface area (Å²) in [6.07, 6.45) is 13.4. The Morgan fingerprint density at radius 3 is 2.69 bits per heavy atom. The zero-order valence-electron chi connectivity index (χ0n) is 8.73. The highest BCUT2D eigenvalue weighted by molar-refractivity contribution is 5.30. The summed E-state index contributed by atoms with van der Waals surface area (Å²) >= 11 is 0. The van der Waals surface area contributed by atoms with Gasteiger partial charge in [0.2, 0.25) is 0 Å². The van der Waals surface area contributed by atoms with Gasteiger partial charge in [0.15, 0.2) is 0 Å². The Hall–Kier alpha value is -0.520. The predicted molar refractivity (Wildman–Crippen MR) is 57.7 cm³/mol. The van der Waals surface area contributed by atoms with E-state index in [1.54, 1.807) is 16.7 Å². The molecule has 0 bridgehead atoms. The van der Waals surface area contributed by atoms with E-state index in [1.165, 1.54) is 51.4 Å². The number of hydrogen-bond donors (Lipinski definition) is 0. The zero-order chi connectivity index (χ0) is 9.10. The van der Waals surface area contributed by atoms with Crippen LogP contribution in [0, 0.1) is 0 Å². The molecule has 2 aliphatic carbocycles. The van der Waals surface area contributed by atoms with E-state index in [9.17, 15) is 0 Å². The van der Waals surface area contributed by atoms with Gasteiger partial charge in [-0.15, -0.1) is 0 Å². The summed E-state index contributed by atoms with van der Waals surface area (Å²) in [4.78, 5) is 0. The second-order valence-corrected chi connectivity index (χ2v) is 4.41. The molecule has 2 aliphatic rings. The summed E-state index contributed by atoms with van der Waals surface area (Å²) in [5.74, 6) is 0. The third-order valence-electron chi connectivity index (χ3n) is 3.36. The molecule has 0 aromatic carbocycles. The van der Waals surface area contributed by atoms with E-state index in [2.05, 4.69) is 13.0 Å². The molecule has 0 heteroatoms. The molecule has 0 N–H and O–H groups in total. The first-order valence-electron chi connectivity index (χ1n) is 5.78. The first-order chi connectivity index (χ1) is 6.40. The van der Waals surface area contributed by atoms with E-state index in [4.69, 9.17) is 0 Å². The summed E-state index contributed by atoms with van der Waals surface area (Å²) in [5, 5.41) is 0. The van der Waals surface area contributed by atoms with Crippen LogP contribution in [0.25, 0.3) is 0 Å². The van der Waals surface area contributed by atoms with Crippen molar-refractivity contribution in [2.24, 2.45) is 0 Å². The molecule has 0 nitrogen and oxygen atoms in total. The molecule has 13 heavy (non-hydrogen) atoms. The van der Waals surface area contributed by atoms with Crippen molar-refractivity contribution in [2.75, 3.05) is 0 Å². The van der Waals surface area contributed by atoms with Crippen LogP contribution >= 0.6 is 0 Å². The second kappa shape index (κ2) is 4.13. The second-order valence-electron chi connectivity index (χ2n) is 4.41. The molecule has 0 amide bonds. The van der Waals surface area contributed by atoms with Crippen molar-refractivity contribution in [3.63, 3.8) is 0 Å². The monoisotopic (exact) mass is 176 g/mol. The van der Waals surface area contributed by atoms with Crippen molar-refractivity contribution in [2.45, 2.75) is 58.3 Å². The van der Waals surface area contributed by atoms with Gasteiger partial charge in [0, 0.05) is 0 Å². The Bertz CT molecular complexity index is 243. The highest BCUT2D eigenvalue weighted by Gasteiger charge is 2.16. The highest BCUT2D eigenvalue weighted by atomic mass is 14.2. The minimum atomic E-state index is 1.28. The van der Waals surface area contributed by atoms with Crippen molar-refractivity contribution in [3.8, 4) is 0 Å². The van der Waals surface area contributed by atoms with Crippen molar-refractivity contribution in [1.29, 1.82) is 0 Å². The van der Waals surface area contributed by atoms with Gasteiger partial charge in [-0.05, 0) is 44.9 Å². The van der Waals surface area contributed by atoms with E-state index in [1.807, 2.05) is 0 Å². The quantitative estimate of drug-likeness (QED) is 0.548. The highest BCUT2D eigenvalue weighted by Crippen LogP contribution is 2.36. The van der Waals surface area contributed by atoms with Gasteiger partial charge < -0.3 is 0 Å². The lowest BCUT2D eigenvalue weighted by Gasteiger charge is -2.25. The van der Waals surface area contributed by atoms with E-state index in [0.29, 0.717) is 0 Å². The molecule has 0 aliphatic heterocycles. The average molecular weight is 176 g/mol. The van der Waals surface area contributed by atoms with Gasteiger partial charge in [0.25, 0.3) is 0 Å². The number of allylic oxidation sites excluding steroid dienone is 4. The Balaban J connectivity index is 2.01. The third-order valence-corrected chi connectivity index (χ3v) is 3.36. The summed E-state index contributed by atoms with van der Waals surface area (Å²) in [7, 11) is 0. The van der Waals surface area contributed by atoms with Crippen LogP contribution in [0.3, 0.4) is 0 Å². The average Bonchev–Trinajstić information content (AvgIpc) is 2.18. The predicted octanol–water partition coefficient (Wildman–Crippen LogP) is 4.38. The lowest BCUT2D eigenvalue weighted by molar-refractivity contribution is 0.633. The first kappa shape index (κ1) is 9.05. The summed E-state index contributed by atoms with van der Waals surface area (Å²) in [5.41, 5.74) is 5.30. The molecule has 0 aromatic heterocycles. The van der Waals surface area contributed by atoms with Crippen molar-refractivity contribution < 1.29 is 0 Å². The van der Waals surface area contributed by atoms with E-state index < -0.39 is 0 Å². The fourth-order valence-electron chi connectivity index (χ4n) is 2.62. The summed E-state index contributed by atoms with van der Waals surface area (Å²) in [6.45, 7) is 2.28. The Labute approximate surface area is 81.7 Å². The number of rotatable bonds is 2. The van der Waals surface area contributed by atoms with Crippen LogP contribution in [0.1, 0.15) is 58.3 Å². The molecule has 0 atom stereocenters. The molecular weight excluding hydrogens is 156 g/mol. The molecule has 0 fully saturated rings. The standard InChI is InChI=1S/C13H20/c1-2-5-11-8-9-12-6-3-4-7-13(12)10-11/h8H,2-7,9-10H2,1H3. The molecule has 0 radical (unpaired) electrons. The van der Waals surface area contributed by atoms with Gasteiger partial charge >= 0.3 is 0 Å². The minimum Gasteiger partial charge on any atom is -0.0809 e. The minimum absolute atomic E-state index is 1.28. The van der Waals surface area contributed by atoms with Gasteiger partial charge in [-0.1, -0.05) is 36.1 Å². The molecule has 0 heterocycles. The van der Waals surface area contributed by atoms with Crippen LogP contribution in [0.2, 0.25) is 0 Å². The maximum Gasteiger partial charge on any atom is -0.0106 e. The van der Waals surface area contributed by atoms with Crippen molar-refractivity contribution in [1.82, 2.24) is 0 Å². The topological polar surface area (TPSA) is 0 Å². The summed E-state index contributed by atoms with van der Waals surface area (Å²) < 4.78 is 0. The van der Waals surface area contributed by atoms with E-state index >= 15 is 0 Å². The lowest BCUT2D eigenvalue weighted by atomic mass is 9.81. The largest absolute Gasteiger partial charge is 0.0809 e. The number of hydrogen-bond acceptors (Lipinski definition) is 0. The third kappa shape index (κ3) is 2.04. The zero-order valence-corrected chi connectivity index (χ0v) is 8.73. The van der Waals surface area contributed by atoms with Crippen LogP contribution in [0.4, 0.5) is 0 Å². The maximum absolute atomic E-state index is 2.49. The van der Waals surface area contributed by atoms with Gasteiger partial charge in [0.1, 0.15) is 0 Å². The van der Waals surface area contributed by atoms with Gasteiger partial charge in [-0.2, -0.15) is 0 Å². The van der Waals surface area contributed by atoms with Gasteiger partial charge in [-0.25, -0.2) is 0 Å². The van der Waals surface area contributed by atoms with Crippen molar-refractivity contribution in [3.05, 3.63) is 22.8 Å². The molecule has 0 saturated carbocycles. The molecule has 0 aromatic rings. The fraction of sp³-hybridized carbons (Fsp3) is 0.692. The Morgan fingerprint density at radius 1 is 1.15 bits per heavy atom. The molecule has 72 valence electrons. The van der Waals surface area contributed by atoms with Crippen LogP contribution in [-0.2, 0) is 0 Å². The van der Waals surface area contributed by atoms with Gasteiger partial charge in [0.05, 0.1) is 0 Å². The smallest absolute Gasteiger partial charge is 0.0106 e. The SMILES string of the molecule is CCCC1=CCC2=C(CCCC2)C1. The molecule has 0 spiro atoms. The van der Waals surface area contributed by atoms with Crippen LogP contribution in [0.15, 0.2) is 22.8 Å². The first-order valence-corrected chi connectivity index (χ1v) is 5.78. The van der Waals surface area contributed by atoms with Crippen LogP contribution in [-0.4, -0.2) is 0 Å². The van der Waals surface area contributed by atoms with Crippen molar-refractivity contribution >= 4 is 0 Å².